The maximum atomic E-state index is 15.7. The minimum absolute atomic E-state index is 0.00606. The fourth-order valence-electron chi connectivity index (χ4n) is 5.46. The Balaban J connectivity index is 1.48. The summed E-state index contributed by atoms with van der Waals surface area (Å²) in [5.41, 5.74) is 1.23. The number of fused-ring (bicyclic) bond motifs is 4. The number of hydrogen-bond acceptors (Lipinski definition) is 7. The van der Waals surface area contributed by atoms with Crippen molar-refractivity contribution >= 4 is 22.8 Å². The van der Waals surface area contributed by atoms with Crippen LogP contribution in [0.5, 0.6) is 0 Å². The molecule has 3 N–H and O–H groups in total. The van der Waals surface area contributed by atoms with E-state index in [1.807, 2.05) is 0 Å². The Kier molecular flexibility index (Phi) is 4.60. The topological polar surface area (TPSA) is 130 Å². The number of anilines is 1. The molecule has 2 bridgehead atoms. The van der Waals surface area contributed by atoms with Crippen molar-refractivity contribution in [2.75, 3.05) is 5.32 Å². The van der Waals surface area contributed by atoms with Crippen molar-refractivity contribution in [2.45, 2.75) is 31.7 Å². The maximum absolute atomic E-state index is 15.7. The van der Waals surface area contributed by atoms with Crippen molar-refractivity contribution in [3.8, 4) is 22.8 Å². The van der Waals surface area contributed by atoms with E-state index in [-0.39, 0.29) is 34.9 Å². The second-order valence-electron chi connectivity index (χ2n) is 8.73. The van der Waals surface area contributed by atoms with Crippen molar-refractivity contribution in [1.82, 2.24) is 24.9 Å². The van der Waals surface area contributed by atoms with Gasteiger partial charge in [0, 0.05) is 29.4 Å². The van der Waals surface area contributed by atoms with Gasteiger partial charge in [0.15, 0.2) is 23.2 Å². The van der Waals surface area contributed by atoms with E-state index in [0.717, 1.165) is 25.7 Å². The second kappa shape index (κ2) is 7.65. The van der Waals surface area contributed by atoms with E-state index < -0.39 is 23.7 Å². The summed E-state index contributed by atoms with van der Waals surface area (Å²) in [5.74, 6) is -1.36. The molecule has 7 rings (SSSR count). The van der Waals surface area contributed by atoms with Gasteiger partial charge >= 0.3 is 5.97 Å². The number of rotatable bonds is 5. The van der Waals surface area contributed by atoms with Crippen LogP contribution in [0.4, 0.5) is 10.2 Å². The van der Waals surface area contributed by atoms with E-state index in [2.05, 4.69) is 30.2 Å². The average Bonchev–Trinajstić information content (AvgIpc) is 3.51. The molecule has 3 saturated carbocycles. The highest BCUT2D eigenvalue weighted by Crippen LogP contribution is 2.46. The third kappa shape index (κ3) is 3.24. The summed E-state index contributed by atoms with van der Waals surface area (Å²) in [6, 6.07) is 2.88. The van der Waals surface area contributed by atoms with Crippen LogP contribution in [0.25, 0.3) is 33.9 Å². The smallest absolute Gasteiger partial charge is 0.308 e. The first-order chi connectivity index (χ1) is 16.1. The predicted octanol–water partition coefficient (Wildman–Crippen LogP) is 4.12. The van der Waals surface area contributed by atoms with Gasteiger partial charge in [-0.1, -0.05) is 0 Å². The summed E-state index contributed by atoms with van der Waals surface area (Å²) in [7, 11) is 0. The first-order valence-electron chi connectivity index (χ1n) is 11.0. The number of aliphatic carboxylic acids is 1. The molecule has 3 fully saturated rings. The van der Waals surface area contributed by atoms with Crippen LogP contribution in [0.3, 0.4) is 0 Å². The van der Waals surface area contributed by atoms with Gasteiger partial charge in [0.2, 0.25) is 0 Å². The maximum Gasteiger partial charge on any atom is 0.308 e. The number of carbonyl (C=O) groups is 1. The summed E-state index contributed by atoms with van der Waals surface area (Å²) >= 11 is 0. The van der Waals surface area contributed by atoms with Gasteiger partial charge in [-0.25, -0.2) is 24.3 Å². The van der Waals surface area contributed by atoms with Crippen LogP contribution in [0.15, 0.2) is 41.5 Å². The summed E-state index contributed by atoms with van der Waals surface area (Å²) in [6.07, 6.45) is 9.86. The van der Waals surface area contributed by atoms with Gasteiger partial charge in [0.05, 0.1) is 12.2 Å². The summed E-state index contributed by atoms with van der Waals surface area (Å²) in [6.45, 7) is 0. The molecule has 4 aromatic rings. The zero-order valence-corrected chi connectivity index (χ0v) is 17.5. The molecule has 168 valence electrons. The quantitative estimate of drug-likeness (QED) is 0.416. The zero-order valence-electron chi connectivity index (χ0n) is 17.5. The lowest BCUT2D eigenvalue weighted by Gasteiger charge is -2.47. The molecular formula is C23H21FN6O3. The number of H-pyrrole nitrogens is 1. The SMILES string of the molecule is O=C(O)[C@H]1C2CCC(CC2)[C@@H]1Nc1nc(-c2c[nH]c3ncncc23)nc(-c2ccco2)c1F. The fraction of sp³-hybridized carbons (Fsp3) is 0.348. The van der Waals surface area contributed by atoms with Gasteiger partial charge < -0.3 is 19.8 Å². The number of aromatic amines is 1. The highest BCUT2D eigenvalue weighted by Gasteiger charge is 2.47. The van der Waals surface area contributed by atoms with E-state index in [1.54, 1.807) is 24.5 Å². The van der Waals surface area contributed by atoms with Gasteiger partial charge in [-0.3, -0.25) is 4.79 Å². The first kappa shape index (κ1) is 19.8. The van der Waals surface area contributed by atoms with Crippen molar-refractivity contribution in [1.29, 1.82) is 0 Å². The average molecular weight is 448 g/mol. The number of hydrogen-bond donors (Lipinski definition) is 3. The summed E-state index contributed by atoms with van der Waals surface area (Å²) in [5, 5.41) is 13.8. The number of nitrogens with zero attached hydrogens (tertiary/aromatic N) is 4. The fourth-order valence-corrected chi connectivity index (χ4v) is 5.46. The molecule has 0 aliphatic heterocycles. The molecule has 9 nitrogen and oxygen atoms in total. The number of furan rings is 1. The zero-order chi connectivity index (χ0) is 22.5. The Hall–Kier alpha value is -3.82. The molecule has 33 heavy (non-hydrogen) atoms. The number of aromatic nitrogens is 5. The normalized spacial score (nSPS) is 24.3. The number of halogens is 1. The Morgan fingerprint density at radius 2 is 2.03 bits per heavy atom. The molecule has 0 spiro atoms. The van der Waals surface area contributed by atoms with Crippen LogP contribution >= 0.6 is 0 Å². The van der Waals surface area contributed by atoms with Crippen molar-refractivity contribution in [3.63, 3.8) is 0 Å². The van der Waals surface area contributed by atoms with Crippen LogP contribution in [-0.4, -0.2) is 42.0 Å². The molecule has 0 saturated heterocycles. The van der Waals surface area contributed by atoms with Gasteiger partial charge in [0.25, 0.3) is 0 Å². The Labute approximate surface area is 187 Å². The molecular weight excluding hydrogens is 427 g/mol. The standard InChI is InChI=1S/C23H21FN6O3/c24-17-19(15-2-1-7-33-15)29-21(14-9-26-20-13(14)8-25-10-27-20)30-22(17)28-18-12-5-3-11(4-6-12)16(18)23(31)32/h1-2,7-12,16,18H,3-6H2,(H,31,32)(H,25,26,27)(H,28,29,30)/t11?,12?,16-,18-/m0/s1. The molecule has 4 heterocycles. The van der Waals surface area contributed by atoms with Crippen LogP contribution in [0.2, 0.25) is 0 Å². The molecule has 3 aliphatic rings. The lowest BCUT2D eigenvalue weighted by atomic mass is 9.61. The molecule has 0 aromatic carbocycles. The van der Waals surface area contributed by atoms with Gasteiger partial charge in [0.1, 0.15) is 17.7 Å². The molecule has 3 aliphatic carbocycles. The largest absolute Gasteiger partial charge is 0.481 e. The minimum atomic E-state index is -0.850. The summed E-state index contributed by atoms with van der Waals surface area (Å²) in [4.78, 5) is 32.4. The van der Waals surface area contributed by atoms with E-state index in [4.69, 9.17) is 4.42 Å². The first-order valence-corrected chi connectivity index (χ1v) is 11.0. The van der Waals surface area contributed by atoms with Crippen molar-refractivity contribution in [3.05, 3.63) is 42.9 Å². The van der Waals surface area contributed by atoms with Gasteiger partial charge in [-0.2, -0.15) is 0 Å². The molecule has 2 atom stereocenters. The van der Waals surface area contributed by atoms with Crippen LogP contribution < -0.4 is 5.32 Å². The second-order valence-corrected chi connectivity index (χ2v) is 8.73. The summed E-state index contributed by atoms with van der Waals surface area (Å²) < 4.78 is 21.1. The monoisotopic (exact) mass is 448 g/mol. The number of nitrogens with one attached hydrogen (secondary N) is 2. The molecule has 0 unspecified atom stereocenters. The lowest BCUT2D eigenvalue weighted by Crippen LogP contribution is -2.51. The van der Waals surface area contributed by atoms with E-state index in [1.165, 1.54) is 12.6 Å². The lowest BCUT2D eigenvalue weighted by molar-refractivity contribution is -0.148. The van der Waals surface area contributed by atoms with Crippen LogP contribution in [-0.2, 0) is 4.79 Å². The molecule has 10 heteroatoms. The van der Waals surface area contributed by atoms with Crippen molar-refractivity contribution < 1.29 is 18.7 Å². The van der Waals surface area contributed by atoms with Gasteiger partial charge in [-0.05, 0) is 49.7 Å². The molecule has 0 radical (unpaired) electrons. The molecule has 0 amide bonds. The highest BCUT2D eigenvalue weighted by atomic mass is 19.1. The van der Waals surface area contributed by atoms with Crippen LogP contribution in [0.1, 0.15) is 25.7 Å². The van der Waals surface area contributed by atoms with E-state index >= 15 is 4.39 Å². The van der Waals surface area contributed by atoms with Gasteiger partial charge in [-0.15, -0.1) is 0 Å². The Morgan fingerprint density at radius 3 is 2.79 bits per heavy atom. The predicted molar refractivity (Wildman–Crippen MR) is 117 cm³/mol. The van der Waals surface area contributed by atoms with Crippen molar-refractivity contribution in [2.24, 2.45) is 17.8 Å². The Bertz CT molecular complexity index is 1330. The molecule has 4 aromatic heterocycles. The van der Waals surface area contributed by atoms with E-state index in [9.17, 15) is 9.90 Å². The number of carboxylic acids is 1. The van der Waals surface area contributed by atoms with E-state index in [0.29, 0.717) is 16.6 Å². The highest BCUT2D eigenvalue weighted by molar-refractivity contribution is 5.91. The minimum Gasteiger partial charge on any atom is -0.481 e. The van der Waals surface area contributed by atoms with Crippen LogP contribution in [0, 0.1) is 23.6 Å². The third-order valence-electron chi connectivity index (χ3n) is 7.01. The number of carboxylic acid groups (broad SMARTS) is 1. The Morgan fingerprint density at radius 1 is 1.21 bits per heavy atom. The third-order valence-corrected chi connectivity index (χ3v) is 7.01.